The number of benzene rings is 2. The highest BCUT2D eigenvalue weighted by Crippen LogP contribution is 2.36. The zero-order valence-corrected chi connectivity index (χ0v) is 20.6. The second-order valence-electron chi connectivity index (χ2n) is 8.72. The summed E-state index contributed by atoms with van der Waals surface area (Å²) in [5, 5.41) is 13.0. The van der Waals surface area contributed by atoms with E-state index in [2.05, 4.69) is 9.69 Å². The first kappa shape index (κ1) is 25.5. The number of primary amides is 1. The predicted molar refractivity (Wildman–Crippen MR) is 134 cm³/mol. The van der Waals surface area contributed by atoms with Crippen molar-refractivity contribution >= 4 is 40.6 Å². The van der Waals surface area contributed by atoms with Gasteiger partial charge in [0, 0.05) is 11.2 Å². The van der Waals surface area contributed by atoms with E-state index in [1.54, 1.807) is 30.3 Å². The molecular formula is C24H27N5O5S. The lowest BCUT2D eigenvalue weighted by molar-refractivity contribution is -0.123. The number of nitrogens with one attached hydrogen (secondary N) is 1. The Hall–Kier alpha value is -4.12. The highest BCUT2D eigenvalue weighted by Gasteiger charge is 2.37. The molecule has 10 nitrogen and oxygen atoms in total. The Kier molecular flexibility index (Phi) is 7.30. The Morgan fingerprint density at radius 1 is 1.14 bits per heavy atom. The molecule has 3 amide bonds. The van der Waals surface area contributed by atoms with E-state index in [0.29, 0.717) is 11.3 Å². The summed E-state index contributed by atoms with van der Waals surface area (Å²) in [7, 11) is 1.38. The van der Waals surface area contributed by atoms with Crippen LogP contribution in [-0.2, 0) is 4.79 Å². The molecule has 0 fully saturated rings. The fourth-order valence-corrected chi connectivity index (χ4v) is 4.17. The number of ether oxygens (including phenoxy) is 1. The van der Waals surface area contributed by atoms with Gasteiger partial charge in [0.25, 0.3) is 11.8 Å². The predicted octanol–water partition coefficient (Wildman–Crippen LogP) is 2.84. The first-order valence-electron chi connectivity index (χ1n) is 10.6. The SMILES string of the molecule is COc1cc(C(C(=O)NC(C)(C)C)N(C(=O)c2snc(C(N)=O)c2N)c2ccccc2)ccc1O. The van der Waals surface area contributed by atoms with Crippen molar-refractivity contribution in [1.82, 2.24) is 9.69 Å². The summed E-state index contributed by atoms with van der Waals surface area (Å²) in [5.41, 5.74) is 11.1. The minimum absolute atomic E-state index is 0.0399. The molecule has 0 aliphatic carbocycles. The molecule has 2 aromatic carbocycles. The maximum Gasteiger partial charge on any atom is 0.273 e. The van der Waals surface area contributed by atoms with Gasteiger partial charge >= 0.3 is 0 Å². The van der Waals surface area contributed by atoms with Crippen LogP contribution in [0.4, 0.5) is 11.4 Å². The van der Waals surface area contributed by atoms with Crippen LogP contribution in [0.1, 0.15) is 52.5 Å². The van der Waals surface area contributed by atoms with Crippen molar-refractivity contribution in [2.24, 2.45) is 5.73 Å². The Bertz CT molecular complexity index is 1250. The van der Waals surface area contributed by atoms with Crippen LogP contribution >= 0.6 is 11.5 Å². The summed E-state index contributed by atoms with van der Waals surface area (Å²) < 4.78 is 9.16. The summed E-state index contributed by atoms with van der Waals surface area (Å²) in [4.78, 5) is 40.5. The number of aromatic hydroxyl groups is 1. The lowest BCUT2D eigenvalue weighted by atomic mass is 10.00. The van der Waals surface area contributed by atoms with Crippen molar-refractivity contribution in [1.29, 1.82) is 0 Å². The van der Waals surface area contributed by atoms with Crippen LogP contribution in [0.5, 0.6) is 11.5 Å². The lowest BCUT2D eigenvalue weighted by Crippen LogP contribution is -2.49. The molecule has 1 atom stereocenters. The van der Waals surface area contributed by atoms with Gasteiger partial charge in [0.1, 0.15) is 10.9 Å². The largest absolute Gasteiger partial charge is 0.504 e. The van der Waals surface area contributed by atoms with Gasteiger partial charge in [-0.1, -0.05) is 24.3 Å². The van der Waals surface area contributed by atoms with Crippen LogP contribution in [0.3, 0.4) is 0 Å². The molecule has 0 radical (unpaired) electrons. The number of aromatic nitrogens is 1. The lowest BCUT2D eigenvalue weighted by Gasteiger charge is -2.33. The van der Waals surface area contributed by atoms with Gasteiger partial charge < -0.3 is 26.6 Å². The molecule has 1 aromatic heterocycles. The minimum Gasteiger partial charge on any atom is -0.504 e. The molecule has 11 heteroatoms. The van der Waals surface area contributed by atoms with E-state index in [-0.39, 0.29) is 27.8 Å². The number of phenolic OH excluding ortho intramolecular Hbond substituents is 1. The van der Waals surface area contributed by atoms with Gasteiger partial charge in [0.15, 0.2) is 17.2 Å². The number of anilines is 2. The Labute approximate surface area is 206 Å². The van der Waals surface area contributed by atoms with Gasteiger partial charge in [-0.3, -0.25) is 19.3 Å². The number of rotatable bonds is 7. The molecule has 3 rings (SSSR count). The monoisotopic (exact) mass is 497 g/mol. The summed E-state index contributed by atoms with van der Waals surface area (Å²) in [6, 6.07) is 11.7. The fourth-order valence-electron chi connectivity index (χ4n) is 3.43. The number of hydrogen-bond donors (Lipinski definition) is 4. The zero-order valence-electron chi connectivity index (χ0n) is 19.7. The summed E-state index contributed by atoms with van der Waals surface area (Å²) in [6.07, 6.45) is 0. The number of nitrogens with two attached hydrogens (primary N) is 2. The van der Waals surface area contributed by atoms with Crippen molar-refractivity contribution in [3.63, 3.8) is 0 Å². The number of phenols is 1. The average Bonchev–Trinajstić information content (AvgIpc) is 3.18. The second kappa shape index (κ2) is 10.0. The molecule has 1 heterocycles. The average molecular weight is 498 g/mol. The van der Waals surface area contributed by atoms with Crippen molar-refractivity contribution in [2.45, 2.75) is 32.4 Å². The fraction of sp³-hybridized carbons (Fsp3) is 0.250. The Morgan fingerprint density at radius 2 is 1.80 bits per heavy atom. The van der Waals surface area contributed by atoms with Gasteiger partial charge in [0.2, 0.25) is 5.91 Å². The Morgan fingerprint density at radius 3 is 2.34 bits per heavy atom. The van der Waals surface area contributed by atoms with Crippen LogP contribution in [0, 0.1) is 0 Å². The van der Waals surface area contributed by atoms with Gasteiger partial charge in [-0.2, -0.15) is 4.37 Å². The molecule has 0 aliphatic heterocycles. The van der Waals surface area contributed by atoms with Gasteiger partial charge in [-0.05, 0) is 62.1 Å². The summed E-state index contributed by atoms with van der Waals surface area (Å²) >= 11 is 0.720. The van der Waals surface area contributed by atoms with E-state index in [1.165, 1.54) is 30.2 Å². The van der Waals surface area contributed by atoms with Crippen LogP contribution in [0.2, 0.25) is 0 Å². The number of para-hydroxylation sites is 1. The van der Waals surface area contributed by atoms with Crippen LogP contribution in [0.25, 0.3) is 0 Å². The number of methoxy groups -OCH3 is 1. The number of carbonyl (C=O) groups is 3. The number of nitrogen functional groups attached to an aromatic ring is 1. The maximum atomic E-state index is 13.9. The van der Waals surface area contributed by atoms with Crippen LogP contribution in [0.15, 0.2) is 48.5 Å². The smallest absolute Gasteiger partial charge is 0.273 e. The first-order valence-corrected chi connectivity index (χ1v) is 11.3. The van der Waals surface area contributed by atoms with Crippen LogP contribution in [-0.4, -0.2) is 39.9 Å². The standard InChI is InChI=1S/C24H27N5O5S/c1-24(2,3)27-22(32)19(13-10-11-15(30)16(12-13)34-4)29(14-8-6-5-7-9-14)23(33)20-17(25)18(21(26)31)28-35-20/h5-12,19,30H,25H2,1-4H3,(H2,26,31)(H,27,32). The molecule has 3 aromatic rings. The number of nitrogens with zero attached hydrogens (tertiary/aromatic N) is 2. The molecule has 0 saturated heterocycles. The molecule has 0 aliphatic rings. The number of carbonyl (C=O) groups excluding carboxylic acids is 3. The third-order valence-corrected chi connectivity index (χ3v) is 5.78. The van der Waals surface area contributed by atoms with E-state index in [9.17, 15) is 19.5 Å². The zero-order chi connectivity index (χ0) is 25.9. The van der Waals surface area contributed by atoms with Crippen molar-refractivity contribution in [3.05, 3.63) is 64.7 Å². The maximum absolute atomic E-state index is 13.9. The van der Waals surface area contributed by atoms with Gasteiger partial charge in [0.05, 0.1) is 12.8 Å². The topological polar surface area (TPSA) is 161 Å². The second-order valence-corrected chi connectivity index (χ2v) is 9.50. The first-order chi connectivity index (χ1) is 16.4. The molecule has 6 N–H and O–H groups in total. The molecule has 0 saturated carbocycles. The third kappa shape index (κ3) is 5.52. The highest BCUT2D eigenvalue weighted by molar-refractivity contribution is 7.09. The van der Waals surface area contributed by atoms with E-state index in [1.807, 2.05) is 20.8 Å². The quantitative estimate of drug-likeness (QED) is 0.390. The molecule has 184 valence electrons. The molecule has 35 heavy (non-hydrogen) atoms. The minimum atomic E-state index is -1.20. The summed E-state index contributed by atoms with van der Waals surface area (Å²) in [5.74, 6) is -2.00. The molecule has 0 bridgehead atoms. The number of amides is 3. The van der Waals surface area contributed by atoms with Gasteiger partial charge in [-0.25, -0.2) is 0 Å². The van der Waals surface area contributed by atoms with E-state index in [4.69, 9.17) is 16.2 Å². The van der Waals surface area contributed by atoms with E-state index < -0.39 is 29.3 Å². The van der Waals surface area contributed by atoms with Crippen molar-refractivity contribution in [2.75, 3.05) is 17.7 Å². The van der Waals surface area contributed by atoms with E-state index >= 15 is 0 Å². The summed E-state index contributed by atoms with van der Waals surface area (Å²) in [6.45, 7) is 5.44. The normalized spacial score (nSPS) is 12.0. The Balaban J connectivity index is 2.25. The molecule has 0 spiro atoms. The molecular weight excluding hydrogens is 470 g/mol. The van der Waals surface area contributed by atoms with Crippen molar-refractivity contribution < 1.29 is 24.2 Å². The van der Waals surface area contributed by atoms with E-state index in [0.717, 1.165) is 11.5 Å². The third-order valence-electron chi connectivity index (χ3n) is 4.93. The van der Waals surface area contributed by atoms with Crippen LogP contribution < -0.4 is 26.4 Å². The molecule has 1 unspecified atom stereocenters. The number of hydrogen-bond acceptors (Lipinski definition) is 8. The highest BCUT2D eigenvalue weighted by atomic mass is 32.1. The van der Waals surface area contributed by atoms with Gasteiger partial charge in [-0.15, -0.1) is 0 Å². The van der Waals surface area contributed by atoms with Crippen molar-refractivity contribution in [3.8, 4) is 11.5 Å².